The van der Waals surface area contributed by atoms with Gasteiger partial charge in [0.1, 0.15) is 0 Å². The summed E-state index contributed by atoms with van der Waals surface area (Å²) >= 11 is 3.53. The highest BCUT2D eigenvalue weighted by molar-refractivity contribution is 9.10. The molecule has 0 radical (unpaired) electrons. The molecule has 0 bridgehead atoms. The van der Waals surface area contributed by atoms with E-state index >= 15 is 0 Å². The molecule has 1 heteroatoms. The molecule has 0 heterocycles. The lowest BCUT2D eigenvalue weighted by molar-refractivity contribution is 1.58. The summed E-state index contributed by atoms with van der Waals surface area (Å²) < 4.78 is 1.14. The molecule has 0 aliphatic rings. The summed E-state index contributed by atoms with van der Waals surface area (Å²) in [5.74, 6) is 0. The third kappa shape index (κ3) is 4.08. The van der Waals surface area contributed by atoms with E-state index < -0.39 is 0 Å². The summed E-state index contributed by atoms with van der Waals surface area (Å²) in [6.45, 7) is 0. The molecule has 0 spiro atoms. The van der Waals surface area contributed by atoms with Crippen molar-refractivity contribution < 1.29 is 0 Å². The molecule has 0 atom stereocenters. The quantitative estimate of drug-likeness (QED) is 0.344. The van der Waals surface area contributed by atoms with E-state index in [1.54, 1.807) is 0 Å². The largest absolute Gasteiger partial charge is 0.0622 e. The smallest absolute Gasteiger partial charge is 0.0253 e. The highest BCUT2D eigenvalue weighted by Crippen LogP contribution is 2.27. The van der Waals surface area contributed by atoms with Crippen molar-refractivity contribution in [1.82, 2.24) is 0 Å². The van der Waals surface area contributed by atoms with Crippen LogP contribution in [0.1, 0.15) is 0 Å². The molecule has 23 heavy (non-hydrogen) atoms. The lowest BCUT2D eigenvalue weighted by Crippen LogP contribution is -1.77. The van der Waals surface area contributed by atoms with E-state index in [0.29, 0.717) is 0 Å². The number of hydrogen-bond donors (Lipinski definition) is 0. The summed E-state index contributed by atoms with van der Waals surface area (Å²) in [5, 5.41) is 2.62. The van der Waals surface area contributed by atoms with Crippen molar-refractivity contribution in [2.45, 2.75) is 0 Å². The third-order valence-electron chi connectivity index (χ3n) is 3.62. The van der Waals surface area contributed by atoms with Crippen LogP contribution in [-0.2, 0) is 0 Å². The molecule has 0 aliphatic carbocycles. The van der Waals surface area contributed by atoms with Crippen molar-refractivity contribution in [3.8, 4) is 11.1 Å². The van der Waals surface area contributed by atoms with Crippen LogP contribution in [0.3, 0.4) is 0 Å². The highest BCUT2D eigenvalue weighted by Gasteiger charge is 1.99. The van der Waals surface area contributed by atoms with Gasteiger partial charge in [0.05, 0.1) is 0 Å². The molecule has 4 rings (SSSR count). The van der Waals surface area contributed by atoms with Crippen LogP contribution in [0.25, 0.3) is 21.9 Å². The summed E-state index contributed by atoms with van der Waals surface area (Å²) in [5.41, 5.74) is 2.48. The van der Waals surface area contributed by atoms with Crippen LogP contribution in [0.4, 0.5) is 0 Å². The topological polar surface area (TPSA) is 0 Å². The number of benzene rings is 4. The Balaban J connectivity index is 0.000000140. The maximum absolute atomic E-state index is 3.53. The van der Waals surface area contributed by atoms with Crippen molar-refractivity contribution >= 4 is 26.7 Å². The van der Waals surface area contributed by atoms with Gasteiger partial charge in [0, 0.05) is 4.47 Å². The Morgan fingerprint density at radius 2 is 0.870 bits per heavy atom. The molecule has 0 aliphatic heterocycles. The van der Waals surface area contributed by atoms with Crippen molar-refractivity contribution in [3.05, 3.63) is 108 Å². The highest BCUT2D eigenvalue weighted by atomic mass is 79.9. The van der Waals surface area contributed by atoms with Gasteiger partial charge in [-0.05, 0) is 28.0 Å². The Morgan fingerprint density at radius 1 is 0.435 bits per heavy atom. The number of rotatable bonds is 1. The van der Waals surface area contributed by atoms with Gasteiger partial charge in [-0.3, -0.25) is 0 Å². The molecule has 0 unspecified atom stereocenters. The second-order valence-electron chi connectivity index (χ2n) is 5.19. The van der Waals surface area contributed by atoms with Gasteiger partial charge in [-0.25, -0.2) is 0 Å². The first-order valence-electron chi connectivity index (χ1n) is 7.58. The molecule has 0 saturated carbocycles. The van der Waals surface area contributed by atoms with Gasteiger partial charge in [-0.15, -0.1) is 0 Å². The van der Waals surface area contributed by atoms with Gasteiger partial charge >= 0.3 is 0 Å². The molecule has 0 amide bonds. The Hall–Kier alpha value is -2.38. The third-order valence-corrected chi connectivity index (χ3v) is 4.31. The summed E-state index contributed by atoms with van der Waals surface area (Å²) in [6, 6.07) is 35.3. The molecule has 4 aromatic rings. The molecule has 0 saturated heterocycles. The Morgan fingerprint density at radius 3 is 1.39 bits per heavy atom. The van der Waals surface area contributed by atoms with Crippen LogP contribution in [-0.4, -0.2) is 0 Å². The Bertz CT molecular complexity index is 817. The monoisotopic (exact) mass is 360 g/mol. The second-order valence-corrected chi connectivity index (χ2v) is 6.05. The first kappa shape index (κ1) is 15.5. The predicted molar refractivity (Wildman–Crippen MR) is 104 cm³/mol. The van der Waals surface area contributed by atoms with Gasteiger partial charge in [0.2, 0.25) is 0 Å². The number of hydrogen-bond acceptors (Lipinski definition) is 0. The second kappa shape index (κ2) is 7.75. The molecule has 0 aromatic heterocycles. The fourth-order valence-corrected chi connectivity index (χ4v) is 2.96. The Labute approximate surface area is 145 Å². The minimum absolute atomic E-state index is 1.14. The molecule has 0 nitrogen and oxygen atoms in total. The van der Waals surface area contributed by atoms with Crippen LogP contribution < -0.4 is 0 Å². The average molecular weight is 361 g/mol. The molecule has 0 N–H and O–H groups in total. The van der Waals surface area contributed by atoms with Crippen LogP contribution in [0, 0.1) is 0 Å². The van der Waals surface area contributed by atoms with Crippen LogP contribution in [0.5, 0.6) is 0 Å². The van der Waals surface area contributed by atoms with Crippen molar-refractivity contribution in [2.75, 3.05) is 0 Å². The van der Waals surface area contributed by atoms with E-state index in [0.717, 1.165) is 4.47 Å². The van der Waals surface area contributed by atoms with E-state index in [4.69, 9.17) is 0 Å². The zero-order chi connectivity index (χ0) is 15.9. The predicted octanol–water partition coefficient (Wildman–Crippen LogP) is 6.96. The summed E-state index contributed by atoms with van der Waals surface area (Å²) in [7, 11) is 0. The average Bonchev–Trinajstić information content (AvgIpc) is 2.63. The van der Waals surface area contributed by atoms with Gasteiger partial charge < -0.3 is 0 Å². The minimum Gasteiger partial charge on any atom is -0.0622 e. The SMILES string of the molecule is Brc1ccccc1-c1ccccc1.c1ccc2ccccc2c1. The van der Waals surface area contributed by atoms with E-state index in [9.17, 15) is 0 Å². The zero-order valence-corrected chi connectivity index (χ0v) is 14.3. The van der Waals surface area contributed by atoms with Gasteiger partial charge in [-0.1, -0.05) is 113 Å². The molecule has 0 fully saturated rings. The Kier molecular flexibility index (Phi) is 5.23. The summed E-state index contributed by atoms with van der Waals surface area (Å²) in [6.07, 6.45) is 0. The fraction of sp³-hybridized carbons (Fsp3) is 0. The van der Waals surface area contributed by atoms with Crippen LogP contribution in [0.15, 0.2) is 108 Å². The van der Waals surface area contributed by atoms with Gasteiger partial charge in [0.25, 0.3) is 0 Å². The number of halogens is 1. The maximum atomic E-state index is 3.53. The lowest BCUT2D eigenvalue weighted by atomic mass is 10.1. The molecular weight excluding hydrogens is 344 g/mol. The van der Waals surface area contributed by atoms with E-state index in [-0.39, 0.29) is 0 Å². The molecule has 112 valence electrons. The van der Waals surface area contributed by atoms with E-state index in [1.165, 1.54) is 21.9 Å². The first-order valence-corrected chi connectivity index (χ1v) is 8.37. The molecular formula is C22H17Br. The first-order chi connectivity index (χ1) is 11.3. The van der Waals surface area contributed by atoms with Crippen molar-refractivity contribution in [2.24, 2.45) is 0 Å². The zero-order valence-electron chi connectivity index (χ0n) is 12.7. The maximum Gasteiger partial charge on any atom is 0.0253 e. The van der Waals surface area contributed by atoms with Crippen molar-refractivity contribution in [1.29, 1.82) is 0 Å². The standard InChI is InChI=1S/C12H9Br.C10H8/c13-12-9-5-4-8-11(12)10-6-2-1-3-7-10;1-2-6-10-8-4-3-7-9(10)5-1/h1-9H;1-8H. The minimum atomic E-state index is 1.14. The van der Waals surface area contributed by atoms with Gasteiger partial charge in [0.15, 0.2) is 0 Å². The number of fused-ring (bicyclic) bond motifs is 1. The van der Waals surface area contributed by atoms with Crippen LogP contribution in [0.2, 0.25) is 0 Å². The van der Waals surface area contributed by atoms with Crippen molar-refractivity contribution in [3.63, 3.8) is 0 Å². The molecule has 4 aromatic carbocycles. The summed E-state index contributed by atoms with van der Waals surface area (Å²) in [4.78, 5) is 0. The van der Waals surface area contributed by atoms with Crippen LogP contribution >= 0.6 is 15.9 Å². The van der Waals surface area contributed by atoms with Gasteiger partial charge in [-0.2, -0.15) is 0 Å². The van der Waals surface area contributed by atoms with E-state index in [2.05, 4.69) is 101 Å². The fourth-order valence-electron chi connectivity index (χ4n) is 2.45. The van der Waals surface area contributed by atoms with E-state index in [1.807, 2.05) is 18.2 Å². The normalized spacial score (nSPS) is 9.96. The lowest BCUT2D eigenvalue weighted by Gasteiger charge is -2.02.